The SMILES string of the molecule is COC1C(O)C=C(CNCCC(CNC(=O)NC2C=C(F)C(F)CC2)C2CC=C(Cl)C(Cl)C2)CC1O. The van der Waals surface area contributed by atoms with Crippen molar-refractivity contribution in [3.63, 3.8) is 0 Å². The van der Waals surface area contributed by atoms with Crippen LogP contribution in [-0.4, -0.2) is 78.9 Å². The van der Waals surface area contributed by atoms with Crippen molar-refractivity contribution in [2.45, 2.75) is 74.4 Å². The fourth-order valence-electron chi connectivity index (χ4n) is 5.14. The van der Waals surface area contributed by atoms with E-state index in [1.54, 1.807) is 6.08 Å². The maximum Gasteiger partial charge on any atom is 0.315 e. The fraction of sp³-hybridized carbons (Fsp3) is 0.720. The molecule has 0 saturated carbocycles. The molecule has 5 N–H and O–H groups in total. The molecule has 0 bridgehead atoms. The molecule has 0 radical (unpaired) electrons. The van der Waals surface area contributed by atoms with Gasteiger partial charge < -0.3 is 30.9 Å². The van der Waals surface area contributed by atoms with E-state index in [0.717, 1.165) is 24.5 Å². The van der Waals surface area contributed by atoms with Gasteiger partial charge in [0.2, 0.25) is 0 Å². The molecule has 0 aliphatic heterocycles. The number of aliphatic hydroxyl groups is 2. The monoisotopic (exact) mass is 551 g/mol. The Hall–Kier alpha value is -1.23. The zero-order valence-corrected chi connectivity index (χ0v) is 21.9. The molecule has 0 spiro atoms. The Kier molecular flexibility index (Phi) is 11.5. The number of methoxy groups -OCH3 is 1. The molecule has 3 aliphatic rings. The number of hydrogen-bond acceptors (Lipinski definition) is 5. The van der Waals surface area contributed by atoms with Gasteiger partial charge in [-0.05, 0) is 63.0 Å². The van der Waals surface area contributed by atoms with Crippen molar-refractivity contribution in [1.82, 2.24) is 16.0 Å². The lowest BCUT2D eigenvalue weighted by atomic mass is 9.80. The van der Waals surface area contributed by atoms with E-state index in [1.165, 1.54) is 7.11 Å². The van der Waals surface area contributed by atoms with Gasteiger partial charge in [0.25, 0.3) is 0 Å². The summed E-state index contributed by atoms with van der Waals surface area (Å²) in [7, 11) is 1.46. The van der Waals surface area contributed by atoms with Crippen molar-refractivity contribution >= 4 is 29.2 Å². The Morgan fingerprint density at radius 1 is 1.31 bits per heavy atom. The summed E-state index contributed by atoms with van der Waals surface area (Å²) in [6.45, 7) is 1.57. The average Bonchev–Trinajstić information content (AvgIpc) is 2.82. The highest BCUT2D eigenvalue weighted by Gasteiger charge is 2.31. The molecule has 204 valence electrons. The minimum absolute atomic E-state index is 0.0461. The van der Waals surface area contributed by atoms with Crippen LogP contribution in [0.4, 0.5) is 13.6 Å². The van der Waals surface area contributed by atoms with Crippen molar-refractivity contribution < 1.29 is 28.5 Å². The first-order valence-corrected chi connectivity index (χ1v) is 13.3. The number of rotatable bonds is 10. The van der Waals surface area contributed by atoms with Crippen LogP contribution in [0.5, 0.6) is 0 Å². The number of aliphatic hydroxyl groups excluding tert-OH is 2. The third kappa shape index (κ3) is 8.39. The van der Waals surface area contributed by atoms with Crippen LogP contribution in [0.25, 0.3) is 0 Å². The highest BCUT2D eigenvalue weighted by atomic mass is 35.5. The van der Waals surface area contributed by atoms with Gasteiger partial charge in [0, 0.05) is 25.2 Å². The van der Waals surface area contributed by atoms with Crippen molar-refractivity contribution in [2.24, 2.45) is 11.8 Å². The van der Waals surface area contributed by atoms with E-state index < -0.39 is 42.4 Å². The Morgan fingerprint density at radius 2 is 2.08 bits per heavy atom. The molecule has 36 heavy (non-hydrogen) atoms. The second kappa shape index (κ2) is 14.1. The van der Waals surface area contributed by atoms with Crippen LogP contribution in [0.3, 0.4) is 0 Å². The zero-order chi connectivity index (χ0) is 26.2. The summed E-state index contributed by atoms with van der Waals surface area (Å²) in [5.41, 5.74) is 0.911. The highest BCUT2D eigenvalue weighted by Crippen LogP contribution is 2.35. The molecule has 2 amide bonds. The van der Waals surface area contributed by atoms with Crippen LogP contribution in [0.2, 0.25) is 0 Å². The first-order valence-electron chi connectivity index (χ1n) is 12.5. The second-order valence-corrected chi connectivity index (χ2v) is 10.8. The largest absolute Gasteiger partial charge is 0.390 e. The van der Waals surface area contributed by atoms with Crippen LogP contribution in [0.15, 0.2) is 34.7 Å². The lowest BCUT2D eigenvalue weighted by molar-refractivity contribution is -0.0712. The van der Waals surface area contributed by atoms with Crippen LogP contribution in [-0.2, 0) is 4.74 Å². The van der Waals surface area contributed by atoms with Crippen LogP contribution >= 0.6 is 23.2 Å². The summed E-state index contributed by atoms with van der Waals surface area (Å²) < 4.78 is 32.0. The van der Waals surface area contributed by atoms with Crippen LogP contribution in [0.1, 0.15) is 38.5 Å². The first-order chi connectivity index (χ1) is 17.2. The van der Waals surface area contributed by atoms with Gasteiger partial charge in [-0.15, -0.1) is 11.6 Å². The fourth-order valence-corrected chi connectivity index (χ4v) is 5.63. The van der Waals surface area contributed by atoms with Crippen molar-refractivity contribution in [2.75, 3.05) is 26.7 Å². The summed E-state index contributed by atoms with van der Waals surface area (Å²) in [6.07, 6.45) is 3.97. The van der Waals surface area contributed by atoms with Gasteiger partial charge in [-0.1, -0.05) is 29.3 Å². The third-order valence-corrected chi connectivity index (χ3v) is 8.18. The van der Waals surface area contributed by atoms with E-state index >= 15 is 0 Å². The number of urea groups is 1. The number of carbonyl (C=O) groups is 1. The summed E-state index contributed by atoms with van der Waals surface area (Å²) in [4.78, 5) is 12.4. The molecule has 3 aliphatic carbocycles. The number of nitrogens with one attached hydrogen (secondary N) is 3. The minimum atomic E-state index is -1.59. The molecular formula is C25H37Cl2F2N3O4. The highest BCUT2D eigenvalue weighted by molar-refractivity contribution is 6.37. The molecule has 0 fully saturated rings. The molecule has 0 aromatic carbocycles. The zero-order valence-electron chi connectivity index (χ0n) is 20.4. The minimum Gasteiger partial charge on any atom is -0.390 e. The van der Waals surface area contributed by atoms with E-state index in [2.05, 4.69) is 16.0 Å². The van der Waals surface area contributed by atoms with E-state index in [0.29, 0.717) is 43.9 Å². The maximum absolute atomic E-state index is 13.5. The Balaban J connectivity index is 1.51. The summed E-state index contributed by atoms with van der Waals surface area (Å²) in [6, 6.07) is -0.956. The number of hydrogen-bond donors (Lipinski definition) is 5. The van der Waals surface area contributed by atoms with Crippen LogP contribution < -0.4 is 16.0 Å². The summed E-state index contributed by atoms with van der Waals surface area (Å²) >= 11 is 12.6. The van der Waals surface area contributed by atoms with Gasteiger partial charge in [-0.2, -0.15) is 0 Å². The van der Waals surface area contributed by atoms with E-state index in [1.807, 2.05) is 6.08 Å². The summed E-state index contributed by atoms with van der Waals surface area (Å²) in [5.74, 6) is -0.509. The Bertz CT molecular complexity index is 844. The van der Waals surface area contributed by atoms with Crippen LogP contribution in [0, 0.1) is 11.8 Å². The molecule has 8 unspecified atom stereocenters. The second-order valence-electron chi connectivity index (χ2n) is 9.86. The number of ether oxygens (including phenoxy) is 1. The average molecular weight is 552 g/mol. The van der Waals surface area contributed by atoms with Gasteiger partial charge in [0.1, 0.15) is 18.0 Å². The first kappa shape index (κ1) is 29.3. The van der Waals surface area contributed by atoms with Gasteiger partial charge in [0.05, 0.1) is 17.5 Å². The molecule has 0 aromatic rings. The standard InChI is InChI=1S/C25H37Cl2F2N3O4/c1-36-24-22(33)8-14(9-23(24)34)12-30-7-6-16(15-2-4-18(26)19(27)10-15)13-31-25(35)32-17-3-5-20(28)21(29)11-17/h4,8,11,15-17,19-20,22-24,30,33-34H,2-3,5-7,9-10,12-13H2,1H3,(H2,31,32,35). The third-order valence-electron chi connectivity index (χ3n) is 7.23. The van der Waals surface area contributed by atoms with Crippen molar-refractivity contribution in [3.05, 3.63) is 34.7 Å². The topological polar surface area (TPSA) is 103 Å². The number of amides is 2. The molecule has 3 rings (SSSR count). The lowest BCUT2D eigenvalue weighted by Gasteiger charge is -2.32. The smallest absolute Gasteiger partial charge is 0.315 e. The van der Waals surface area contributed by atoms with Crippen molar-refractivity contribution in [1.29, 1.82) is 0 Å². The quantitative estimate of drug-likeness (QED) is 0.162. The molecular weight excluding hydrogens is 515 g/mol. The van der Waals surface area contributed by atoms with Gasteiger partial charge in [-0.25, -0.2) is 13.6 Å². The van der Waals surface area contributed by atoms with E-state index in [4.69, 9.17) is 27.9 Å². The number of allylic oxidation sites excluding steroid dienone is 3. The van der Waals surface area contributed by atoms with Gasteiger partial charge in [0.15, 0.2) is 6.17 Å². The predicted molar refractivity (Wildman–Crippen MR) is 136 cm³/mol. The van der Waals surface area contributed by atoms with E-state index in [-0.39, 0.29) is 23.6 Å². The molecule has 0 saturated heterocycles. The molecule has 7 nitrogen and oxygen atoms in total. The maximum atomic E-state index is 13.5. The normalized spacial score (nSPS) is 33.8. The summed E-state index contributed by atoms with van der Waals surface area (Å²) in [5, 5.41) is 29.6. The van der Waals surface area contributed by atoms with Crippen molar-refractivity contribution in [3.8, 4) is 0 Å². The van der Waals surface area contributed by atoms with Gasteiger partial charge >= 0.3 is 6.03 Å². The lowest BCUT2D eigenvalue weighted by Crippen LogP contribution is -2.45. The molecule has 8 atom stereocenters. The Labute approximate surface area is 221 Å². The number of carbonyl (C=O) groups excluding carboxylic acids is 1. The van der Waals surface area contributed by atoms with E-state index in [9.17, 15) is 23.8 Å². The number of alkyl halides is 2. The van der Waals surface area contributed by atoms with Gasteiger partial charge in [-0.3, -0.25) is 0 Å². The molecule has 0 heterocycles. The number of halogens is 4. The molecule has 0 aromatic heterocycles. The predicted octanol–water partition coefficient (Wildman–Crippen LogP) is 3.44. The Morgan fingerprint density at radius 3 is 2.75 bits per heavy atom. The molecule has 11 heteroatoms.